The molecule has 0 saturated heterocycles. The number of anilines is 1. The first-order valence-corrected chi connectivity index (χ1v) is 8.87. The molecule has 1 N–H and O–H groups in total. The lowest BCUT2D eigenvalue weighted by Crippen LogP contribution is -2.09. The second-order valence-corrected chi connectivity index (χ2v) is 5.82. The molecule has 6 nitrogen and oxygen atoms in total. The van der Waals surface area contributed by atoms with Crippen LogP contribution in [0.1, 0.15) is 12.5 Å². The zero-order valence-electron chi connectivity index (χ0n) is 15.6. The van der Waals surface area contributed by atoms with Crippen LogP contribution in [0.3, 0.4) is 0 Å². The molecule has 8 heteroatoms. The van der Waals surface area contributed by atoms with E-state index in [4.69, 9.17) is 4.74 Å². The summed E-state index contributed by atoms with van der Waals surface area (Å²) < 4.78 is 36.3. The fraction of sp³-hybridized carbons (Fsp3) is 0.143. The Morgan fingerprint density at radius 2 is 1.97 bits per heavy atom. The maximum absolute atomic E-state index is 12.5. The summed E-state index contributed by atoms with van der Waals surface area (Å²) in [7, 11) is 0. The Labute approximate surface area is 166 Å². The molecule has 0 saturated carbocycles. The number of rotatable bonds is 8. The van der Waals surface area contributed by atoms with Crippen LogP contribution in [0.4, 0.5) is 14.6 Å². The molecule has 1 aromatic heterocycles. The third-order valence-corrected chi connectivity index (χ3v) is 3.77. The highest BCUT2D eigenvalue weighted by Crippen LogP contribution is 2.30. The van der Waals surface area contributed by atoms with Gasteiger partial charge in [0.25, 0.3) is 0 Å². The van der Waals surface area contributed by atoms with E-state index in [1.807, 2.05) is 30.3 Å². The van der Waals surface area contributed by atoms with E-state index in [0.717, 1.165) is 5.69 Å². The summed E-state index contributed by atoms with van der Waals surface area (Å²) in [5.41, 5.74) is 1.47. The van der Waals surface area contributed by atoms with Gasteiger partial charge in [-0.25, -0.2) is 4.68 Å². The van der Waals surface area contributed by atoms with Gasteiger partial charge in [-0.15, -0.1) is 0 Å². The Hall–Kier alpha value is -3.68. The molecule has 3 aromatic rings. The standard InChI is InChI=1S/C21H19F2N3O3/c1-2-28-18-14-15(8-10-17(18)29-21(22)23)9-11-20(27)24-19-12-13-26(25-19)16-6-4-3-5-7-16/h3-14,21H,2H2,1H3,(H,24,25,27)/b11-9+. The second-order valence-electron chi connectivity index (χ2n) is 5.82. The molecule has 0 aliphatic rings. The van der Waals surface area contributed by atoms with E-state index in [1.165, 1.54) is 24.3 Å². The van der Waals surface area contributed by atoms with Gasteiger partial charge in [-0.3, -0.25) is 4.79 Å². The van der Waals surface area contributed by atoms with Crippen LogP contribution in [0.25, 0.3) is 11.8 Å². The number of nitrogens with one attached hydrogen (secondary N) is 1. The predicted octanol–water partition coefficient (Wildman–Crippen LogP) is 4.52. The minimum absolute atomic E-state index is 0.0603. The normalized spacial score (nSPS) is 11.0. The zero-order valence-corrected chi connectivity index (χ0v) is 15.6. The highest BCUT2D eigenvalue weighted by molar-refractivity contribution is 6.01. The summed E-state index contributed by atoms with van der Waals surface area (Å²) >= 11 is 0. The van der Waals surface area contributed by atoms with Crippen molar-refractivity contribution in [2.24, 2.45) is 0 Å². The average Bonchev–Trinajstić information content (AvgIpc) is 3.17. The first-order chi connectivity index (χ1) is 14.0. The van der Waals surface area contributed by atoms with Crippen LogP contribution in [0.5, 0.6) is 11.5 Å². The summed E-state index contributed by atoms with van der Waals surface area (Å²) in [4.78, 5) is 12.2. The maximum Gasteiger partial charge on any atom is 0.387 e. The summed E-state index contributed by atoms with van der Waals surface area (Å²) in [5.74, 6) is 0.139. The first-order valence-electron chi connectivity index (χ1n) is 8.87. The lowest BCUT2D eigenvalue weighted by Gasteiger charge is -2.11. The van der Waals surface area contributed by atoms with E-state index in [2.05, 4.69) is 15.2 Å². The van der Waals surface area contributed by atoms with Crippen molar-refractivity contribution < 1.29 is 23.0 Å². The quantitative estimate of drug-likeness (QED) is 0.566. The van der Waals surface area contributed by atoms with Crippen molar-refractivity contribution in [3.63, 3.8) is 0 Å². The molecule has 0 bridgehead atoms. The highest BCUT2D eigenvalue weighted by Gasteiger charge is 2.11. The van der Waals surface area contributed by atoms with Crippen molar-refractivity contribution in [3.05, 3.63) is 72.4 Å². The van der Waals surface area contributed by atoms with Gasteiger partial charge in [0.15, 0.2) is 17.3 Å². The number of alkyl halides is 2. The van der Waals surface area contributed by atoms with Crippen molar-refractivity contribution >= 4 is 17.8 Å². The van der Waals surface area contributed by atoms with Crippen LogP contribution in [0, 0.1) is 0 Å². The molecule has 1 amide bonds. The molecule has 0 atom stereocenters. The van der Waals surface area contributed by atoms with Crippen molar-refractivity contribution in [3.8, 4) is 17.2 Å². The Morgan fingerprint density at radius 3 is 2.69 bits per heavy atom. The van der Waals surface area contributed by atoms with Crippen LogP contribution >= 0.6 is 0 Å². The number of benzene rings is 2. The van der Waals surface area contributed by atoms with Crippen LogP contribution in [0.2, 0.25) is 0 Å². The molecule has 0 unspecified atom stereocenters. The lowest BCUT2D eigenvalue weighted by atomic mass is 10.2. The van der Waals surface area contributed by atoms with Gasteiger partial charge in [0.1, 0.15) is 0 Å². The topological polar surface area (TPSA) is 65.4 Å². The third-order valence-electron chi connectivity index (χ3n) is 3.77. The molecule has 0 spiro atoms. The van der Waals surface area contributed by atoms with Crippen LogP contribution < -0.4 is 14.8 Å². The van der Waals surface area contributed by atoms with Gasteiger partial charge in [-0.2, -0.15) is 13.9 Å². The fourth-order valence-corrected chi connectivity index (χ4v) is 2.54. The first kappa shape index (κ1) is 20.1. The van der Waals surface area contributed by atoms with Crippen molar-refractivity contribution in [1.82, 2.24) is 9.78 Å². The Bertz CT molecular complexity index is 988. The highest BCUT2D eigenvalue weighted by atomic mass is 19.3. The summed E-state index contributed by atoms with van der Waals surface area (Å²) in [6, 6.07) is 15.6. The SMILES string of the molecule is CCOc1cc(/C=C/C(=O)Nc2ccn(-c3ccccc3)n2)ccc1OC(F)F. The second kappa shape index (κ2) is 9.50. The monoisotopic (exact) mass is 399 g/mol. The van der Waals surface area contributed by atoms with Gasteiger partial charge in [-0.1, -0.05) is 24.3 Å². The zero-order chi connectivity index (χ0) is 20.6. The molecule has 0 fully saturated rings. The number of halogens is 2. The van der Waals surface area contributed by atoms with Gasteiger partial charge < -0.3 is 14.8 Å². The summed E-state index contributed by atoms with van der Waals surface area (Å²) in [6.07, 6.45) is 4.60. The smallest absolute Gasteiger partial charge is 0.387 e. The molecule has 2 aromatic carbocycles. The number of nitrogens with zero attached hydrogens (tertiary/aromatic N) is 2. The molecule has 0 radical (unpaired) electrons. The van der Waals surface area contributed by atoms with E-state index in [9.17, 15) is 13.6 Å². The molecule has 0 aliphatic carbocycles. The van der Waals surface area contributed by atoms with E-state index in [0.29, 0.717) is 11.4 Å². The number of carbonyl (C=O) groups is 1. The Morgan fingerprint density at radius 1 is 1.17 bits per heavy atom. The average molecular weight is 399 g/mol. The summed E-state index contributed by atoms with van der Waals surface area (Å²) in [5, 5.41) is 6.96. The fourth-order valence-electron chi connectivity index (χ4n) is 2.54. The maximum atomic E-state index is 12.5. The van der Waals surface area contributed by atoms with E-state index >= 15 is 0 Å². The minimum Gasteiger partial charge on any atom is -0.490 e. The number of para-hydroxylation sites is 1. The predicted molar refractivity (Wildman–Crippen MR) is 105 cm³/mol. The number of ether oxygens (including phenoxy) is 2. The number of aromatic nitrogens is 2. The van der Waals surface area contributed by atoms with Crippen LogP contribution in [0.15, 0.2) is 66.9 Å². The van der Waals surface area contributed by atoms with Gasteiger partial charge in [0.2, 0.25) is 5.91 Å². The van der Waals surface area contributed by atoms with Gasteiger partial charge in [-0.05, 0) is 42.8 Å². The van der Waals surface area contributed by atoms with Gasteiger partial charge in [0.05, 0.1) is 12.3 Å². The number of amides is 1. The Kier molecular flexibility index (Phi) is 6.57. The van der Waals surface area contributed by atoms with Crippen molar-refractivity contribution in [2.75, 3.05) is 11.9 Å². The molecule has 29 heavy (non-hydrogen) atoms. The lowest BCUT2D eigenvalue weighted by molar-refractivity contribution is -0.111. The molecule has 1 heterocycles. The summed E-state index contributed by atoms with van der Waals surface area (Å²) in [6.45, 7) is -0.925. The molecular weight excluding hydrogens is 380 g/mol. The molecular formula is C21H19F2N3O3. The molecule has 0 aliphatic heterocycles. The van der Waals surface area contributed by atoms with Crippen LogP contribution in [-0.2, 0) is 4.79 Å². The number of hydrogen-bond donors (Lipinski definition) is 1. The van der Waals surface area contributed by atoms with E-state index < -0.39 is 6.61 Å². The number of carbonyl (C=O) groups excluding carboxylic acids is 1. The largest absolute Gasteiger partial charge is 0.490 e. The number of hydrogen-bond acceptors (Lipinski definition) is 4. The van der Waals surface area contributed by atoms with Crippen molar-refractivity contribution in [1.29, 1.82) is 0 Å². The van der Waals surface area contributed by atoms with E-state index in [-0.39, 0.29) is 24.0 Å². The Balaban J connectivity index is 1.66. The van der Waals surface area contributed by atoms with Gasteiger partial charge in [0, 0.05) is 18.3 Å². The van der Waals surface area contributed by atoms with E-state index in [1.54, 1.807) is 29.9 Å². The minimum atomic E-state index is -2.95. The van der Waals surface area contributed by atoms with Gasteiger partial charge >= 0.3 is 6.61 Å². The van der Waals surface area contributed by atoms with Crippen LogP contribution in [-0.4, -0.2) is 28.9 Å². The molecule has 3 rings (SSSR count). The molecule has 150 valence electrons. The third kappa shape index (κ3) is 5.65. The van der Waals surface area contributed by atoms with Crippen molar-refractivity contribution in [2.45, 2.75) is 13.5 Å².